The van der Waals surface area contributed by atoms with Gasteiger partial charge in [-0.1, -0.05) is 23.7 Å². The number of pyridine rings is 1. The number of aromatic nitrogens is 1. The van der Waals surface area contributed by atoms with Gasteiger partial charge in [-0.15, -0.1) is 0 Å². The number of carbonyl (C=O) groups excluding carboxylic acids is 2. The molecule has 1 amide bonds. The number of aromatic hydroxyl groups is 1. The number of hydrogen-bond donors (Lipinski definition) is 1. The van der Waals surface area contributed by atoms with Crippen molar-refractivity contribution in [1.82, 2.24) is 9.58 Å². The van der Waals surface area contributed by atoms with Crippen molar-refractivity contribution in [3.8, 4) is 5.75 Å². The van der Waals surface area contributed by atoms with Crippen molar-refractivity contribution >= 4 is 23.3 Å². The van der Waals surface area contributed by atoms with Gasteiger partial charge in [0.1, 0.15) is 12.0 Å². The number of piperidine rings is 1. The van der Waals surface area contributed by atoms with Crippen LogP contribution in [0.1, 0.15) is 65.9 Å². The standard InChI is InChI=1S/C23H25ClFN3O4/c1-3-26-18-9-4-6-13(2)28(18)27-12-15(21(30)22(31)20(27)23(26)32)17(29)11-10-14-7-5-8-16(24)19(14)25/h5,7-8,12-13,18,31H,3-4,6,9-11H2,1-2H3/t13-,18+/m1/s1. The van der Waals surface area contributed by atoms with Crippen LogP contribution in [0.5, 0.6) is 5.75 Å². The lowest BCUT2D eigenvalue weighted by molar-refractivity contribution is 0.0500. The molecule has 1 N–H and O–H groups in total. The molecule has 0 aliphatic carbocycles. The maximum atomic E-state index is 14.2. The fraction of sp³-hybridized carbons (Fsp3) is 0.435. The molecule has 9 heteroatoms. The Kier molecular flexibility index (Phi) is 5.99. The summed E-state index contributed by atoms with van der Waals surface area (Å²) in [5.74, 6) is -2.30. The van der Waals surface area contributed by atoms with E-state index in [-0.39, 0.29) is 46.9 Å². The summed E-state index contributed by atoms with van der Waals surface area (Å²) in [6, 6.07) is 4.58. The maximum absolute atomic E-state index is 14.2. The Morgan fingerprint density at radius 3 is 2.75 bits per heavy atom. The Morgan fingerprint density at radius 2 is 2.03 bits per heavy atom. The van der Waals surface area contributed by atoms with E-state index in [1.165, 1.54) is 23.0 Å². The largest absolute Gasteiger partial charge is 0.502 e. The fourth-order valence-corrected chi connectivity index (χ4v) is 4.92. The minimum Gasteiger partial charge on any atom is -0.502 e. The number of aryl methyl sites for hydroxylation is 1. The number of benzene rings is 1. The van der Waals surface area contributed by atoms with Gasteiger partial charge in [0.25, 0.3) is 5.91 Å². The van der Waals surface area contributed by atoms with Crippen LogP contribution in [0.4, 0.5) is 4.39 Å². The van der Waals surface area contributed by atoms with Crippen LogP contribution in [0.2, 0.25) is 5.02 Å². The third-order valence-corrected chi connectivity index (χ3v) is 6.66. The molecule has 0 bridgehead atoms. The first-order valence-electron chi connectivity index (χ1n) is 10.8. The lowest BCUT2D eigenvalue weighted by Crippen LogP contribution is -2.65. The molecule has 2 aliphatic heterocycles. The van der Waals surface area contributed by atoms with Crippen molar-refractivity contribution in [2.45, 2.75) is 58.2 Å². The number of rotatable bonds is 5. The highest BCUT2D eigenvalue weighted by Gasteiger charge is 2.43. The molecule has 2 aromatic rings. The summed E-state index contributed by atoms with van der Waals surface area (Å²) < 4.78 is 15.6. The Balaban J connectivity index is 1.73. The van der Waals surface area contributed by atoms with Crippen molar-refractivity contribution in [2.24, 2.45) is 0 Å². The molecule has 4 rings (SSSR count). The first-order valence-corrected chi connectivity index (χ1v) is 11.2. The van der Waals surface area contributed by atoms with Gasteiger partial charge in [0.15, 0.2) is 17.2 Å². The fourth-order valence-electron chi connectivity index (χ4n) is 4.73. The number of fused-ring (bicyclic) bond motifs is 3. The molecule has 0 saturated carbocycles. The van der Waals surface area contributed by atoms with Crippen molar-refractivity contribution in [1.29, 1.82) is 0 Å². The van der Waals surface area contributed by atoms with Gasteiger partial charge >= 0.3 is 0 Å². The highest BCUT2D eigenvalue weighted by molar-refractivity contribution is 6.30. The minimum atomic E-state index is -0.889. The van der Waals surface area contributed by atoms with Gasteiger partial charge in [-0.2, -0.15) is 0 Å². The lowest BCUT2D eigenvalue weighted by Gasteiger charge is -2.51. The van der Waals surface area contributed by atoms with E-state index in [1.54, 1.807) is 11.0 Å². The Hall–Kier alpha value is -2.87. The van der Waals surface area contributed by atoms with Gasteiger partial charge in [-0.05, 0) is 51.2 Å². The molecule has 0 radical (unpaired) electrons. The van der Waals surface area contributed by atoms with Gasteiger partial charge in [-0.3, -0.25) is 24.1 Å². The molecular formula is C23H25ClFN3O4. The van der Waals surface area contributed by atoms with Gasteiger partial charge in [0, 0.05) is 25.2 Å². The van der Waals surface area contributed by atoms with Gasteiger partial charge in [0.2, 0.25) is 5.43 Å². The molecule has 1 aromatic carbocycles. The second-order valence-corrected chi connectivity index (χ2v) is 8.69. The van der Waals surface area contributed by atoms with Crippen molar-refractivity contribution in [2.75, 3.05) is 11.6 Å². The van der Waals surface area contributed by atoms with Crippen LogP contribution < -0.4 is 10.4 Å². The Labute approximate surface area is 190 Å². The highest BCUT2D eigenvalue weighted by atomic mass is 35.5. The van der Waals surface area contributed by atoms with Crippen molar-refractivity contribution < 1.29 is 19.1 Å². The average molecular weight is 462 g/mol. The highest BCUT2D eigenvalue weighted by Crippen LogP contribution is 2.32. The Bertz CT molecular complexity index is 1150. The van der Waals surface area contributed by atoms with E-state index in [4.69, 9.17) is 11.6 Å². The van der Waals surface area contributed by atoms with Gasteiger partial charge < -0.3 is 10.0 Å². The van der Waals surface area contributed by atoms with Crippen molar-refractivity contribution in [3.05, 3.63) is 62.3 Å². The number of ketones is 1. The third kappa shape index (κ3) is 3.56. The SMILES string of the molecule is CCN1C(=O)c2c(O)c(=O)c(C(=O)CCc3cccc(Cl)c3F)cn2N2[C@H](C)CCC[C@@H]12. The molecule has 3 heterocycles. The summed E-state index contributed by atoms with van der Waals surface area (Å²) in [5, 5.41) is 12.6. The van der Waals surface area contributed by atoms with E-state index in [0.717, 1.165) is 19.3 Å². The van der Waals surface area contributed by atoms with Crippen LogP contribution in [0.25, 0.3) is 0 Å². The number of hydrogen-bond acceptors (Lipinski definition) is 5. The van der Waals surface area contributed by atoms with Crippen LogP contribution >= 0.6 is 11.6 Å². The second kappa shape index (κ2) is 8.58. The van der Waals surface area contributed by atoms with E-state index in [0.29, 0.717) is 6.54 Å². The van der Waals surface area contributed by atoms with Crippen LogP contribution in [0.3, 0.4) is 0 Å². The topological polar surface area (TPSA) is 82.9 Å². The minimum absolute atomic E-state index is 0.0365. The van der Waals surface area contributed by atoms with Crippen LogP contribution in [0.15, 0.2) is 29.2 Å². The summed E-state index contributed by atoms with van der Waals surface area (Å²) in [7, 11) is 0. The molecule has 170 valence electrons. The molecule has 0 spiro atoms. The third-order valence-electron chi connectivity index (χ3n) is 6.37. The number of halogens is 2. The first kappa shape index (κ1) is 22.3. The number of nitrogens with zero attached hydrogens (tertiary/aromatic N) is 3. The Morgan fingerprint density at radius 1 is 1.28 bits per heavy atom. The normalized spacial score (nSPS) is 20.2. The molecule has 1 saturated heterocycles. The van der Waals surface area contributed by atoms with Crippen LogP contribution in [-0.4, -0.2) is 45.1 Å². The monoisotopic (exact) mass is 461 g/mol. The number of amides is 1. The molecule has 2 aliphatic rings. The zero-order valence-electron chi connectivity index (χ0n) is 18.0. The van der Waals surface area contributed by atoms with E-state index < -0.39 is 28.7 Å². The zero-order valence-corrected chi connectivity index (χ0v) is 18.7. The van der Waals surface area contributed by atoms with E-state index in [1.807, 2.05) is 18.9 Å². The quantitative estimate of drug-likeness (QED) is 0.689. The van der Waals surface area contributed by atoms with E-state index in [9.17, 15) is 23.9 Å². The lowest BCUT2D eigenvalue weighted by atomic mass is 9.99. The molecule has 1 aromatic heterocycles. The van der Waals surface area contributed by atoms with Gasteiger partial charge in [-0.25, -0.2) is 4.39 Å². The van der Waals surface area contributed by atoms with Crippen LogP contribution in [0, 0.1) is 5.82 Å². The molecular weight excluding hydrogens is 437 g/mol. The predicted molar refractivity (Wildman–Crippen MR) is 118 cm³/mol. The molecule has 32 heavy (non-hydrogen) atoms. The van der Waals surface area contributed by atoms with E-state index >= 15 is 0 Å². The van der Waals surface area contributed by atoms with Crippen molar-refractivity contribution in [3.63, 3.8) is 0 Å². The summed E-state index contributed by atoms with van der Waals surface area (Å²) >= 11 is 5.80. The molecule has 2 atom stereocenters. The number of carbonyl (C=O) groups is 2. The summed E-state index contributed by atoms with van der Waals surface area (Å²) in [6.45, 7) is 4.30. The number of Topliss-reactive ketones (excluding diaryl/α,β-unsaturated/α-hetero) is 1. The second-order valence-electron chi connectivity index (χ2n) is 8.28. The molecule has 0 unspecified atom stereocenters. The van der Waals surface area contributed by atoms with Crippen LogP contribution in [-0.2, 0) is 6.42 Å². The summed E-state index contributed by atoms with van der Waals surface area (Å²) in [6.07, 6.45) is 3.64. The maximum Gasteiger partial charge on any atom is 0.278 e. The summed E-state index contributed by atoms with van der Waals surface area (Å²) in [5.41, 5.74) is -0.964. The molecule has 1 fully saturated rings. The van der Waals surface area contributed by atoms with Gasteiger partial charge in [0.05, 0.1) is 10.6 Å². The summed E-state index contributed by atoms with van der Waals surface area (Å²) in [4.78, 5) is 40.5. The first-order chi connectivity index (χ1) is 15.3. The smallest absolute Gasteiger partial charge is 0.278 e. The van der Waals surface area contributed by atoms with E-state index in [2.05, 4.69) is 0 Å². The molecule has 7 nitrogen and oxygen atoms in total. The average Bonchev–Trinajstić information content (AvgIpc) is 2.76. The zero-order chi connectivity index (χ0) is 23.2. The predicted octanol–water partition coefficient (Wildman–Crippen LogP) is 3.47.